The lowest BCUT2D eigenvalue weighted by Gasteiger charge is -2.38. The number of carbonyl (C=O) groups excluding carboxylic acids is 1. The maximum absolute atomic E-state index is 12.5. The van der Waals surface area contributed by atoms with Gasteiger partial charge in [-0.05, 0) is 48.2 Å². The second-order valence-electron chi connectivity index (χ2n) is 7.36. The summed E-state index contributed by atoms with van der Waals surface area (Å²) >= 11 is 0. The Labute approximate surface area is 159 Å². The normalized spacial score (nSPS) is 17.9. The maximum Gasteiger partial charge on any atom is 0.246 e. The smallest absolute Gasteiger partial charge is 0.246 e. The molecule has 0 bridgehead atoms. The molecule has 2 heterocycles. The monoisotopic (exact) mass is 364 g/mol. The van der Waals surface area contributed by atoms with Gasteiger partial charge in [0.25, 0.3) is 0 Å². The van der Waals surface area contributed by atoms with Crippen LogP contribution in [-0.2, 0) is 16.8 Å². The molecule has 2 aliphatic heterocycles. The van der Waals surface area contributed by atoms with Crippen molar-refractivity contribution in [3.8, 4) is 11.5 Å². The highest BCUT2D eigenvalue weighted by atomic mass is 16.5. The van der Waals surface area contributed by atoms with E-state index in [4.69, 9.17) is 10.5 Å². The number of nitrogens with two attached hydrogens (primary N) is 1. The van der Waals surface area contributed by atoms with Crippen LogP contribution in [0.15, 0.2) is 48.5 Å². The van der Waals surface area contributed by atoms with E-state index < -0.39 is 0 Å². The van der Waals surface area contributed by atoms with Gasteiger partial charge in [-0.15, -0.1) is 0 Å². The Bertz CT molecular complexity index is 883. The molecule has 5 heteroatoms. The number of hydrogen-bond acceptors (Lipinski definition) is 4. The molecule has 2 aromatic carbocycles. The summed E-state index contributed by atoms with van der Waals surface area (Å²) < 4.78 is 5.92. The van der Waals surface area contributed by atoms with Crippen molar-refractivity contribution in [2.75, 3.05) is 19.7 Å². The number of carbonyl (C=O) groups is 1. The van der Waals surface area contributed by atoms with Gasteiger partial charge in [-0.2, -0.15) is 0 Å². The van der Waals surface area contributed by atoms with Crippen molar-refractivity contribution in [2.45, 2.75) is 24.8 Å². The first-order valence-corrected chi connectivity index (χ1v) is 9.32. The minimum Gasteiger partial charge on any atom is -0.508 e. The lowest BCUT2D eigenvalue weighted by Crippen LogP contribution is -2.45. The molecule has 1 saturated heterocycles. The van der Waals surface area contributed by atoms with Crippen LogP contribution >= 0.6 is 0 Å². The number of nitrogens with zero attached hydrogens (tertiary/aromatic N) is 1. The van der Waals surface area contributed by atoms with Crippen LogP contribution < -0.4 is 10.5 Å². The lowest BCUT2D eigenvalue weighted by atomic mass is 9.74. The number of benzene rings is 2. The summed E-state index contributed by atoms with van der Waals surface area (Å²) in [5.41, 5.74) is 8.96. The Morgan fingerprint density at radius 2 is 2.04 bits per heavy atom. The zero-order valence-electron chi connectivity index (χ0n) is 15.2. The minimum atomic E-state index is -0.00771. The van der Waals surface area contributed by atoms with E-state index >= 15 is 0 Å². The average molecular weight is 364 g/mol. The van der Waals surface area contributed by atoms with Crippen molar-refractivity contribution in [3.05, 3.63) is 65.2 Å². The molecular weight excluding hydrogens is 340 g/mol. The molecular formula is C22H24N2O3. The third-order valence-corrected chi connectivity index (χ3v) is 5.68. The number of phenols is 1. The zero-order valence-corrected chi connectivity index (χ0v) is 15.2. The Kier molecular flexibility index (Phi) is 4.62. The Balaban J connectivity index is 1.43. The first-order chi connectivity index (χ1) is 13.1. The highest BCUT2D eigenvalue weighted by Crippen LogP contribution is 2.45. The molecule has 0 atom stereocenters. The summed E-state index contributed by atoms with van der Waals surface area (Å²) in [4.78, 5) is 14.4. The molecule has 5 nitrogen and oxygen atoms in total. The Hall–Kier alpha value is -2.79. The van der Waals surface area contributed by atoms with Crippen molar-refractivity contribution < 1.29 is 14.6 Å². The SMILES string of the molecule is NCc1ccc2c(c1)C1(CCN(C(=O)C=Cc3cccc(O)c3)CC1)CO2. The van der Waals surface area contributed by atoms with Gasteiger partial charge in [0.1, 0.15) is 11.5 Å². The molecule has 4 rings (SSSR count). The van der Waals surface area contributed by atoms with Gasteiger partial charge in [-0.1, -0.05) is 24.3 Å². The molecule has 27 heavy (non-hydrogen) atoms. The van der Waals surface area contributed by atoms with E-state index in [-0.39, 0.29) is 17.1 Å². The van der Waals surface area contributed by atoms with Crippen molar-refractivity contribution in [1.82, 2.24) is 4.90 Å². The number of fused-ring (bicyclic) bond motifs is 2. The second-order valence-corrected chi connectivity index (χ2v) is 7.36. The summed E-state index contributed by atoms with van der Waals surface area (Å²) in [6.07, 6.45) is 5.10. The van der Waals surface area contributed by atoms with Crippen molar-refractivity contribution in [2.24, 2.45) is 5.73 Å². The summed E-state index contributed by atoms with van der Waals surface area (Å²) in [5.74, 6) is 1.15. The van der Waals surface area contributed by atoms with Crippen LogP contribution in [0.3, 0.4) is 0 Å². The molecule has 2 aliphatic rings. The fourth-order valence-corrected chi connectivity index (χ4v) is 4.01. The van der Waals surface area contributed by atoms with E-state index in [1.54, 1.807) is 30.4 Å². The molecule has 1 spiro atoms. The molecule has 1 fully saturated rings. The number of amides is 1. The Morgan fingerprint density at radius 3 is 2.78 bits per heavy atom. The third kappa shape index (κ3) is 3.43. The van der Waals surface area contributed by atoms with E-state index in [9.17, 15) is 9.90 Å². The quantitative estimate of drug-likeness (QED) is 0.821. The molecule has 0 aliphatic carbocycles. The molecule has 1 amide bonds. The van der Waals surface area contributed by atoms with Gasteiger partial charge >= 0.3 is 0 Å². The van der Waals surface area contributed by atoms with E-state index in [0.717, 1.165) is 29.7 Å². The minimum absolute atomic E-state index is 0.00282. The number of rotatable bonds is 3. The molecule has 3 N–H and O–H groups in total. The highest BCUT2D eigenvalue weighted by molar-refractivity contribution is 5.91. The standard InChI is InChI=1S/C22H24N2O3/c23-14-17-4-6-20-19(13-17)22(15-27-20)8-10-24(11-9-22)21(26)7-5-16-2-1-3-18(25)12-16/h1-7,12-13,25H,8-11,14-15,23H2. The van der Waals surface area contributed by atoms with Crippen LogP contribution in [0.1, 0.15) is 29.5 Å². The summed E-state index contributed by atoms with van der Waals surface area (Å²) in [5, 5.41) is 9.51. The van der Waals surface area contributed by atoms with E-state index in [2.05, 4.69) is 6.07 Å². The van der Waals surface area contributed by atoms with E-state index in [1.165, 1.54) is 5.56 Å². The fraction of sp³-hybridized carbons (Fsp3) is 0.318. The number of likely N-dealkylation sites (tertiary alicyclic amines) is 1. The number of hydrogen-bond donors (Lipinski definition) is 2. The van der Waals surface area contributed by atoms with Gasteiger partial charge in [-0.3, -0.25) is 4.79 Å². The number of phenolic OH excluding ortho intramolecular Hbond substituents is 1. The summed E-state index contributed by atoms with van der Waals surface area (Å²) in [6, 6.07) is 13.1. The van der Waals surface area contributed by atoms with E-state index in [1.807, 2.05) is 23.1 Å². The van der Waals surface area contributed by atoms with Crippen LogP contribution in [0, 0.1) is 0 Å². The van der Waals surface area contributed by atoms with Crippen LogP contribution in [-0.4, -0.2) is 35.6 Å². The first kappa shape index (κ1) is 17.6. The fourth-order valence-electron chi connectivity index (χ4n) is 4.01. The second kappa shape index (κ2) is 7.08. The van der Waals surface area contributed by atoms with Gasteiger partial charge in [0, 0.05) is 36.7 Å². The number of piperidine rings is 1. The van der Waals surface area contributed by atoms with Gasteiger partial charge in [0.15, 0.2) is 0 Å². The largest absolute Gasteiger partial charge is 0.508 e. The maximum atomic E-state index is 12.5. The van der Waals surface area contributed by atoms with E-state index in [0.29, 0.717) is 26.2 Å². The number of aromatic hydroxyl groups is 1. The highest BCUT2D eigenvalue weighted by Gasteiger charge is 2.43. The first-order valence-electron chi connectivity index (χ1n) is 9.32. The lowest BCUT2D eigenvalue weighted by molar-refractivity contribution is -0.127. The molecule has 0 unspecified atom stereocenters. The van der Waals surface area contributed by atoms with Crippen LogP contribution in [0.4, 0.5) is 0 Å². The molecule has 0 saturated carbocycles. The third-order valence-electron chi connectivity index (χ3n) is 5.68. The molecule has 2 aromatic rings. The number of ether oxygens (including phenoxy) is 1. The predicted molar refractivity (Wildman–Crippen MR) is 104 cm³/mol. The van der Waals surface area contributed by atoms with Crippen LogP contribution in [0.5, 0.6) is 11.5 Å². The van der Waals surface area contributed by atoms with Crippen LogP contribution in [0.2, 0.25) is 0 Å². The van der Waals surface area contributed by atoms with Gasteiger partial charge in [0.05, 0.1) is 6.61 Å². The summed E-state index contributed by atoms with van der Waals surface area (Å²) in [7, 11) is 0. The molecule has 0 radical (unpaired) electrons. The van der Waals surface area contributed by atoms with Crippen molar-refractivity contribution in [1.29, 1.82) is 0 Å². The average Bonchev–Trinajstić information content (AvgIpc) is 3.04. The zero-order chi connectivity index (χ0) is 18.9. The summed E-state index contributed by atoms with van der Waals surface area (Å²) in [6.45, 7) is 2.61. The van der Waals surface area contributed by atoms with Crippen LogP contribution in [0.25, 0.3) is 6.08 Å². The van der Waals surface area contributed by atoms with Gasteiger partial charge < -0.3 is 20.5 Å². The molecule has 140 valence electrons. The molecule has 0 aromatic heterocycles. The van der Waals surface area contributed by atoms with Gasteiger partial charge in [-0.25, -0.2) is 0 Å². The predicted octanol–water partition coefficient (Wildman–Crippen LogP) is 2.82. The van der Waals surface area contributed by atoms with Gasteiger partial charge in [0.2, 0.25) is 5.91 Å². The topological polar surface area (TPSA) is 75.8 Å². The Morgan fingerprint density at radius 1 is 1.22 bits per heavy atom. The van der Waals surface area contributed by atoms with Crippen molar-refractivity contribution >= 4 is 12.0 Å². The van der Waals surface area contributed by atoms with Crippen molar-refractivity contribution in [3.63, 3.8) is 0 Å².